The van der Waals surface area contributed by atoms with Gasteiger partial charge in [-0.3, -0.25) is 15.5 Å². The number of pyridine rings is 1. The van der Waals surface area contributed by atoms with E-state index in [4.69, 9.17) is 0 Å². The van der Waals surface area contributed by atoms with E-state index in [1.807, 2.05) is 13.0 Å². The van der Waals surface area contributed by atoms with Crippen LogP contribution in [0.15, 0.2) is 35.6 Å². The minimum atomic E-state index is -0.500. The van der Waals surface area contributed by atoms with Gasteiger partial charge in [0, 0.05) is 12.3 Å². The molecule has 0 unspecified atom stereocenters. The van der Waals surface area contributed by atoms with Crippen molar-refractivity contribution >= 4 is 17.7 Å². The Morgan fingerprint density at radius 1 is 1.60 bits per heavy atom. The molecule has 0 amide bonds. The third-order valence-electron chi connectivity index (χ3n) is 1.49. The van der Waals surface area contributed by atoms with Crippen molar-refractivity contribution in [2.45, 2.75) is 6.92 Å². The number of anilines is 1. The largest absolute Gasteiger partial charge is 0.287 e. The molecule has 1 heterocycles. The van der Waals surface area contributed by atoms with E-state index >= 15 is 0 Å². The first-order valence-corrected chi connectivity index (χ1v) is 4.25. The molecule has 0 saturated carbocycles. The molecule has 0 spiro atoms. The van der Waals surface area contributed by atoms with Gasteiger partial charge in [0.05, 0.1) is 4.92 Å². The van der Waals surface area contributed by atoms with E-state index in [9.17, 15) is 10.1 Å². The molecule has 0 fully saturated rings. The second kappa shape index (κ2) is 5.48. The second-order valence-corrected chi connectivity index (χ2v) is 2.57. The first-order valence-electron chi connectivity index (χ1n) is 4.25. The number of allylic oxidation sites excluding steroid dienone is 2. The Bertz CT molecular complexity index is 384. The molecule has 6 nitrogen and oxygen atoms in total. The Morgan fingerprint density at radius 3 is 2.93 bits per heavy atom. The van der Waals surface area contributed by atoms with Crippen molar-refractivity contribution in [1.82, 2.24) is 4.98 Å². The summed E-state index contributed by atoms with van der Waals surface area (Å²) in [7, 11) is 0. The molecular formula is C9H10N4O2. The Morgan fingerprint density at radius 2 is 2.40 bits per heavy atom. The zero-order chi connectivity index (χ0) is 11.1. The fraction of sp³-hybridized carbons (Fsp3) is 0.111. The average Bonchev–Trinajstić information content (AvgIpc) is 2.25. The normalized spacial score (nSPS) is 11.0. The lowest BCUT2D eigenvalue weighted by Crippen LogP contribution is -1.93. The highest BCUT2D eigenvalue weighted by Gasteiger charge is 2.03. The molecule has 78 valence electrons. The molecule has 0 aliphatic rings. The lowest BCUT2D eigenvalue weighted by molar-refractivity contribution is -0.385. The summed E-state index contributed by atoms with van der Waals surface area (Å²) in [5.74, 6) is 0.460. The molecule has 1 N–H and O–H groups in total. The first kappa shape index (κ1) is 10.8. The molecule has 0 bridgehead atoms. The standard InChI is InChI=1S/C9H10N4O2/c1-2-3-6-11-12-9-5-4-8(7-10-9)13(14)15/h2-7H,1H3,(H,10,12)/b3-2+,11-6+. The number of nitrogens with zero attached hydrogens (tertiary/aromatic N) is 3. The van der Waals surface area contributed by atoms with Crippen molar-refractivity contribution < 1.29 is 4.92 Å². The molecule has 1 aromatic rings. The zero-order valence-corrected chi connectivity index (χ0v) is 8.12. The van der Waals surface area contributed by atoms with E-state index in [2.05, 4.69) is 15.5 Å². The zero-order valence-electron chi connectivity index (χ0n) is 8.12. The van der Waals surface area contributed by atoms with Gasteiger partial charge in [0.2, 0.25) is 0 Å². The number of hydrazone groups is 1. The van der Waals surface area contributed by atoms with Crippen molar-refractivity contribution in [3.63, 3.8) is 0 Å². The number of hydrogen-bond donors (Lipinski definition) is 1. The molecule has 0 aliphatic carbocycles. The van der Waals surface area contributed by atoms with Crippen LogP contribution in [0.25, 0.3) is 0 Å². The fourth-order valence-electron chi connectivity index (χ4n) is 0.793. The minimum absolute atomic E-state index is 0.0435. The smallest absolute Gasteiger partial charge is 0.261 e. The summed E-state index contributed by atoms with van der Waals surface area (Å²) in [6.45, 7) is 1.87. The molecule has 0 aliphatic heterocycles. The maximum absolute atomic E-state index is 10.3. The highest BCUT2D eigenvalue weighted by molar-refractivity contribution is 5.71. The van der Waals surface area contributed by atoms with Crippen LogP contribution in [-0.4, -0.2) is 16.1 Å². The van der Waals surface area contributed by atoms with Crippen LogP contribution < -0.4 is 5.43 Å². The number of rotatable bonds is 4. The number of nitro groups is 1. The van der Waals surface area contributed by atoms with Gasteiger partial charge in [-0.25, -0.2) is 4.98 Å². The summed E-state index contributed by atoms with van der Waals surface area (Å²) < 4.78 is 0. The van der Waals surface area contributed by atoms with E-state index in [1.54, 1.807) is 12.3 Å². The van der Waals surface area contributed by atoms with Gasteiger partial charge < -0.3 is 0 Å². The fourth-order valence-corrected chi connectivity index (χ4v) is 0.793. The van der Waals surface area contributed by atoms with Gasteiger partial charge in [-0.2, -0.15) is 5.10 Å². The molecule has 6 heteroatoms. The van der Waals surface area contributed by atoms with E-state index < -0.39 is 4.92 Å². The molecule has 0 radical (unpaired) electrons. The van der Waals surface area contributed by atoms with Gasteiger partial charge in [-0.15, -0.1) is 0 Å². The van der Waals surface area contributed by atoms with Gasteiger partial charge >= 0.3 is 0 Å². The average molecular weight is 206 g/mol. The third-order valence-corrected chi connectivity index (χ3v) is 1.49. The molecule has 0 aromatic carbocycles. The van der Waals surface area contributed by atoms with Crippen LogP contribution in [0.1, 0.15) is 6.92 Å². The van der Waals surface area contributed by atoms with Gasteiger partial charge in [-0.1, -0.05) is 6.08 Å². The Balaban J connectivity index is 2.61. The number of nitrogens with one attached hydrogen (secondary N) is 1. The maximum atomic E-state index is 10.3. The molecule has 0 atom stereocenters. The monoisotopic (exact) mass is 206 g/mol. The predicted octanol–water partition coefficient (Wildman–Crippen LogP) is 1.96. The van der Waals surface area contributed by atoms with Gasteiger partial charge in [-0.05, 0) is 19.1 Å². The van der Waals surface area contributed by atoms with Crippen LogP contribution in [0.3, 0.4) is 0 Å². The van der Waals surface area contributed by atoms with Crippen LogP contribution in [0.5, 0.6) is 0 Å². The first-order chi connectivity index (χ1) is 7.24. The number of aromatic nitrogens is 1. The molecule has 1 rings (SSSR count). The second-order valence-electron chi connectivity index (χ2n) is 2.57. The van der Waals surface area contributed by atoms with E-state index in [0.29, 0.717) is 5.82 Å². The summed E-state index contributed by atoms with van der Waals surface area (Å²) in [5, 5.41) is 14.1. The maximum Gasteiger partial charge on any atom is 0.287 e. The van der Waals surface area contributed by atoms with Crippen LogP contribution in [0.2, 0.25) is 0 Å². The quantitative estimate of drug-likeness (QED) is 0.464. The summed E-state index contributed by atoms with van der Waals surface area (Å²) in [6, 6.07) is 2.85. The van der Waals surface area contributed by atoms with Gasteiger partial charge in [0.25, 0.3) is 5.69 Å². The van der Waals surface area contributed by atoms with Crippen molar-refractivity contribution in [2.75, 3.05) is 5.43 Å². The minimum Gasteiger partial charge on any atom is -0.261 e. The summed E-state index contributed by atoms with van der Waals surface area (Å²) in [5.41, 5.74) is 2.59. The molecule has 15 heavy (non-hydrogen) atoms. The summed E-state index contributed by atoms with van der Waals surface area (Å²) in [6.07, 6.45) is 6.31. The third kappa shape index (κ3) is 3.55. The highest BCUT2D eigenvalue weighted by Crippen LogP contribution is 2.11. The van der Waals surface area contributed by atoms with Crippen LogP contribution >= 0.6 is 0 Å². The van der Waals surface area contributed by atoms with E-state index in [1.165, 1.54) is 18.3 Å². The van der Waals surface area contributed by atoms with Gasteiger partial charge in [0.1, 0.15) is 12.0 Å². The van der Waals surface area contributed by atoms with Crippen molar-refractivity contribution in [2.24, 2.45) is 5.10 Å². The summed E-state index contributed by atoms with van der Waals surface area (Å²) in [4.78, 5) is 13.6. The van der Waals surface area contributed by atoms with Crippen LogP contribution in [0.4, 0.5) is 11.5 Å². The van der Waals surface area contributed by atoms with E-state index in [0.717, 1.165) is 0 Å². The molecule has 0 saturated heterocycles. The molecular weight excluding hydrogens is 196 g/mol. The Hall–Kier alpha value is -2.24. The Kier molecular flexibility index (Phi) is 3.96. The topological polar surface area (TPSA) is 80.4 Å². The SMILES string of the molecule is C/C=C/C=N/Nc1ccc([N+](=O)[O-])cn1. The lowest BCUT2D eigenvalue weighted by atomic mass is 10.4. The Labute approximate surface area is 86.5 Å². The predicted molar refractivity (Wildman–Crippen MR) is 57.8 cm³/mol. The van der Waals surface area contributed by atoms with Crippen LogP contribution in [-0.2, 0) is 0 Å². The van der Waals surface area contributed by atoms with Crippen LogP contribution in [0, 0.1) is 10.1 Å². The van der Waals surface area contributed by atoms with E-state index in [-0.39, 0.29) is 5.69 Å². The van der Waals surface area contributed by atoms with Crippen molar-refractivity contribution in [3.05, 3.63) is 40.6 Å². The van der Waals surface area contributed by atoms with Crippen molar-refractivity contribution in [3.8, 4) is 0 Å². The van der Waals surface area contributed by atoms with Crippen molar-refractivity contribution in [1.29, 1.82) is 0 Å². The summed E-state index contributed by atoms with van der Waals surface area (Å²) >= 11 is 0. The highest BCUT2D eigenvalue weighted by atomic mass is 16.6. The lowest BCUT2D eigenvalue weighted by Gasteiger charge is -1.96. The molecule has 1 aromatic heterocycles. The van der Waals surface area contributed by atoms with Gasteiger partial charge in [0.15, 0.2) is 0 Å². The number of hydrogen-bond acceptors (Lipinski definition) is 5.